The van der Waals surface area contributed by atoms with Crippen molar-refractivity contribution >= 4 is 5.69 Å². The van der Waals surface area contributed by atoms with Crippen molar-refractivity contribution in [2.24, 2.45) is 5.92 Å². The van der Waals surface area contributed by atoms with Crippen molar-refractivity contribution in [3.05, 3.63) is 30.4 Å². The van der Waals surface area contributed by atoms with Crippen molar-refractivity contribution in [2.45, 2.75) is 20.8 Å². The molecule has 0 amide bonds. The number of aromatic nitrogens is 3. The maximum Gasteiger partial charge on any atom is 0.239 e. The molecule has 2 heterocycles. The first kappa shape index (κ1) is 12.4. The van der Waals surface area contributed by atoms with Gasteiger partial charge in [-0.05, 0) is 25.0 Å². The van der Waals surface area contributed by atoms with Crippen molar-refractivity contribution in [3.8, 4) is 11.7 Å². The van der Waals surface area contributed by atoms with E-state index < -0.39 is 0 Å². The third kappa shape index (κ3) is 2.61. The van der Waals surface area contributed by atoms with Gasteiger partial charge in [0.1, 0.15) is 11.6 Å². The molecule has 0 saturated heterocycles. The predicted molar refractivity (Wildman–Crippen MR) is 70.8 cm³/mol. The highest BCUT2D eigenvalue weighted by atomic mass is 16.5. The summed E-state index contributed by atoms with van der Waals surface area (Å²) in [5.41, 5.74) is 6.41. The van der Waals surface area contributed by atoms with Gasteiger partial charge < -0.3 is 10.5 Å². The Balaban J connectivity index is 2.29. The van der Waals surface area contributed by atoms with Crippen molar-refractivity contribution in [2.75, 3.05) is 12.3 Å². The topological polar surface area (TPSA) is 66.0 Å². The first-order chi connectivity index (χ1) is 8.58. The van der Waals surface area contributed by atoms with E-state index >= 15 is 0 Å². The van der Waals surface area contributed by atoms with E-state index in [9.17, 15) is 0 Å². The van der Waals surface area contributed by atoms with Gasteiger partial charge in [0, 0.05) is 12.4 Å². The highest BCUT2D eigenvalue weighted by molar-refractivity contribution is 5.50. The van der Waals surface area contributed by atoms with Crippen LogP contribution in [0.3, 0.4) is 0 Å². The molecule has 96 valence electrons. The van der Waals surface area contributed by atoms with E-state index in [2.05, 4.69) is 23.8 Å². The van der Waals surface area contributed by atoms with Gasteiger partial charge in [-0.3, -0.25) is 4.57 Å². The Hall–Kier alpha value is -2.04. The van der Waals surface area contributed by atoms with Crippen LogP contribution in [0.5, 0.6) is 5.88 Å². The van der Waals surface area contributed by atoms with Crippen LogP contribution >= 0.6 is 0 Å². The molecular weight excluding hydrogens is 228 g/mol. The number of aryl methyl sites for hydroxylation is 1. The molecule has 0 saturated carbocycles. The average molecular weight is 246 g/mol. The summed E-state index contributed by atoms with van der Waals surface area (Å²) < 4.78 is 7.50. The summed E-state index contributed by atoms with van der Waals surface area (Å²) in [6, 6.07) is 3.66. The smallest absolute Gasteiger partial charge is 0.239 e. The lowest BCUT2D eigenvalue weighted by Gasteiger charge is -2.12. The molecule has 0 unspecified atom stereocenters. The van der Waals surface area contributed by atoms with Crippen LogP contribution in [0.2, 0.25) is 0 Å². The Morgan fingerprint density at radius 3 is 2.78 bits per heavy atom. The molecule has 0 spiro atoms. The van der Waals surface area contributed by atoms with Gasteiger partial charge in [0.15, 0.2) is 0 Å². The molecule has 0 atom stereocenters. The monoisotopic (exact) mass is 246 g/mol. The van der Waals surface area contributed by atoms with Crippen LogP contribution in [0.4, 0.5) is 5.69 Å². The molecule has 0 aliphatic rings. The largest absolute Gasteiger partial charge is 0.476 e. The lowest BCUT2D eigenvalue weighted by molar-refractivity contribution is 0.263. The minimum absolute atomic E-state index is 0.435. The van der Waals surface area contributed by atoms with Gasteiger partial charge in [-0.1, -0.05) is 13.8 Å². The second-order valence-electron chi connectivity index (χ2n) is 4.61. The van der Waals surface area contributed by atoms with E-state index in [1.165, 1.54) is 0 Å². The van der Waals surface area contributed by atoms with Crippen molar-refractivity contribution in [1.29, 1.82) is 0 Å². The standard InChI is InChI=1S/C13H18N4O/c1-9(2)8-18-13-11(14)4-5-12(16-13)17-7-6-15-10(17)3/h4-7,9H,8,14H2,1-3H3. The van der Waals surface area contributed by atoms with E-state index in [1.54, 1.807) is 12.3 Å². The van der Waals surface area contributed by atoms with Gasteiger partial charge in [-0.15, -0.1) is 0 Å². The molecule has 0 bridgehead atoms. The van der Waals surface area contributed by atoms with Gasteiger partial charge in [0.2, 0.25) is 5.88 Å². The predicted octanol–water partition coefficient (Wildman–Crippen LogP) is 2.19. The van der Waals surface area contributed by atoms with Crippen LogP contribution in [-0.4, -0.2) is 21.1 Å². The van der Waals surface area contributed by atoms with Crippen LogP contribution in [0.15, 0.2) is 24.5 Å². The van der Waals surface area contributed by atoms with E-state index in [4.69, 9.17) is 10.5 Å². The number of nitrogens with two attached hydrogens (primary N) is 1. The average Bonchev–Trinajstić information content (AvgIpc) is 2.74. The van der Waals surface area contributed by atoms with Crippen molar-refractivity contribution in [3.63, 3.8) is 0 Å². The van der Waals surface area contributed by atoms with Crippen LogP contribution in [0.1, 0.15) is 19.7 Å². The molecule has 0 aromatic carbocycles. The molecule has 2 aromatic rings. The highest BCUT2D eigenvalue weighted by Gasteiger charge is 2.08. The Morgan fingerprint density at radius 1 is 1.39 bits per heavy atom. The first-order valence-electron chi connectivity index (χ1n) is 5.97. The highest BCUT2D eigenvalue weighted by Crippen LogP contribution is 2.21. The Labute approximate surface area is 107 Å². The molecule has 5 heteroatoms. The van der Waals surface area contributed by atoms with Crippen LogP contribution in [0, 0.1) is 12.8 Å². The summed E-state index contributed by atoms with van der Waals surface area (Å²) in [6.07, 6.45) is 3.60. The van der Waals surface area contributed by atoms with Crippen LogP contribution < -0.4 is 10.5 Å². The number of imidazole rings is 1. The zero-order valence-corrected chi connectivity index (χ0v) is 10.9. The zero-order valence-electron chi connectivity index (χ0n) is 10.9. The molecule has 18 heavy (non-hydrogen) atoms. The summed E-state index contributed by atoms with van der Waals surface area (Å²) in [5, 5.41) is 0. The van der Waals surface area contributed by atoms with Gasteiger partial charge in [0.05, 0.1) is 12.3 Å². The van der Waals surface area contributed by atoms with Gasteiger partial charge in [-0.2, -0.15) is 4.98 Å². The summed E-state index contributed by atoms with van der Waals surface area (Å²) in [6.45, 7) is 6.69. The molecule has 2 aromatic heterocycles. The third-order valence-electron chi connectivity index (χ3n) is 2.50. The number of hydrogen-bond acceptors (Lipinski definition) is 4. The van der Waals surface area contributed by atoms with Gasteiger partial charge in [-0.25, -0.2) is 4.98 Å². The quantitative estimate of drug-likeness (QED) is 0.898. The van der Waals surface area contributed by atoms with E-state index in [0.717, 1.165) is 11.6 Å². The number of rotatable bonds is 4. The molecule has 5 nitrogen and oxygen atoms in total. The number of nitrogen functional groups attached to an aromatic ring is 1. The van der Waals surface area contributed by atoms with E-state index in [0.29, 0.717) is 24.1 Å². The molecule has 0 radical (unpaired) electrons. The number of pyridine rings is 1. The number of ether oxygens (including phenoxy) is 1. The number of hydrogen-bond donors (Lipinski definition) is 1. The SMILES string of the molecule is Cc1nccn1-c1ccc(N)c(OCC(C)C)n1. The van der Waals surface area contributed by atoms with E-state index in [-0.39, 0.29) is 0 Å². The molecule has 0 aliphatic carbocycles. The third-order valence-corrected chi connectivity index (χ3v) is 2.50. The maximum absolute atomic E-state index is 5.85. The van der Waals surface area contributed by atoms with Crippen molar-refractivity contribution < 1.29 is 4.74 Å². The second kappa shape index (κ2) is 5.08. The molecular formula is C13H18N4O. The number of anilines is 1. The minimum Gasteiger partial charge on any atom is -0.476 e. The van der Waals surface area contributed by atoms with Gasteiger partial charge in [0.25, 0.3) is 0 Å². The summed E-state index contributed by atoms with van der Waals surface area (Å²) in [4.78, 5) is 8.59. The Bertz CT molecular complexity index is 534. The fraction of sp³-hybridized carbons (Fsp3) is 0.385. The maximum atomic E-state index is 5.85. The van der Waals surface area contributed by atoms with Crippen LogP contribution in [-0.2, 0) is 0 Å². The molecule has 0 aliphatic heterocycles. The molecule has 2 rings (SSSR count). The molecule has 0 fully saturated rings. The Kier molecular flexibility index (Phi) is 3.50. The summed E-state index contributed by atoms with van der Waals surface area (Å²) in [5.74, 6) is 2.55. The molecule has 2 N–H and O–H groups in total. The summed E-state index contributed by atoms with van der Waals surface area (Å²) >= 11 is 0. The van der Waals surface area contributed by atoms with Crippen LogP contribution in [0.25, 0.3) is 5.82 Å². The lowest BCUT2D eigenvalue weighted by Crippen LogP contribution is -2.09. The fourth-order valence-corrected chi connectivity index (χ4v) is 1.56. The zero-order chi connectivity index (χ0) is 13.1. The second-order valence-corrected chi connectivity index (χ2v) is 4.61. The van der Waals surface area contributed by atoms with E-state index in [1.807, 2.05) is 23.8 Å². The summed E-state index contributed by atoms with van der Waals surface area (Å²) in [7, 11) is 0. The first-order valence-corrected chi connectivity index (χ1v) is 5.97. The Morgan fingerprint density at radius 2 is 2.17 bits per heavy atom. The normalized spacial score (nSPS) is 10.9. The lowest BCUT2D eigenvalue weighted by atomic mass is 10.2. The number of nitrogens with zero attached hydrogens (tertiary/aromatic N) is 3. The van der Waals surface area contributed by atoms with Gasteiger partial charge >= 0.3 is 0 Å². The fourth-order valence-electron chi connectivity index (χ4n) is 1.56. The van der Waals surface area contributed by atoms with Crippen molar-refractivity contribution in [1.82, 2.24) is 14.5 Å². The minimum atomic E-state index is 0.435.